The zero-order valence-corrected chi connectivity index (χ0v) is 14.6. The number of rotatable bonds is 5. The molecule has 1 fully saturated rings. The van der Waals surface area contributed by atoms with Gasteiger partial charge in [0, 0.05) is 29.8 Å². The number of hydrogen-bond donors (Lipinski definition) is 1. The van der Waals surface area contributed by atoms with Crippen LogP contribution in [-0.2, 0) is 11.3 Å². The van der Waals surface area contributed by atoms with E-state index in [1.165, 1.54) is 0 Å². The third-order valence-corrected chi connectivity index (χ3v) is 4.41. The van der Waals surface area contributed by atoms with Gasteiger partial charge in [-0.2, -0.15) is 4.98 Å². The molecule has 1 aliphatic heterocycles. The Morgan fingerprint density at radius 3 is 2.59 bits per heavy atom. The molecule has 2 amide bonds. The average Bonchev–Trinajstić information content (AvgIpc) is 3.36. The fourth-order valence-electron chi connectivity index (χ4n) is 3.00. The van der Waals surface area contributed by atoms with Crippen LogP contribution in [0.25, 0.3) is 11.4 Å². The standard InChI is InChI=1S/C20H18N4O3/c25-18-7-4-12-24(18)16-10-8-15(9-11-16)20(26)21-13-17-22-19(23-27-17)14-5-2-1-3-6-14/h1-3,5-6,8-11H,4,7,12-13H2,(H,21,26). The zero-order valence-electron chi connectivity index (χ0n) is 14.6. The molecule has 2 aromatic carbocycles. The highest BCUT2D eigenvalue weighted by Crippen LogP contribution is 2.21. The summed E-state index contributed by atoms with van der Waals surface area (Å²) < 4.78 is 5.18. The smallest absolute Gasteiger partial charge is 0.251 e. The highest BCUT2D eigenvalue weighted by atomic mass is 16.5. The maximum Gasteiger partial charge on any atom is 0.251 e. The first-order valence-electron chi connectivity index (χ1n) is 8.77. The molecule has 0 unspecified atom stereocenters. The fraction of sp³-hybridized carbons (Fsp3) is 0.200. The van der Waals surface area contributed by atoms with E-state index in [9.17, 15) is 9.59 Å². The fourth-order valence-corrected chi connectivity index (χ4v) is 3.00. The van der Waals surface area contributed by atoms with Gasteiger partial charge in [-0.15, -0.1) is 0 Å². The minimum atomic E-state index is -0.242. The van der Waals surface area contributed by atoms with Gasteiger partial charge in [0.05, 0.1) is 6.54 Å². The van der Waals surface area contributed by atoms with Crippen molar-refractivity contribution in [1.82, 2.24) is 15.5 Å². The summed E-state index contributed by atoms with van der Waals surface area (Å²) >= 11 is 0. The van der Waals surface area contributed by atoms with Crippen LogP contribution in [0.1, 0.15) is 29.1 Å². The first-order valence-corrected chi connectivity index (χ1v) is 8.77. The van der Waals surface area contributed by atoms with Gasteiger partial charge in [0.15, 0.2) is 0 Å². The van der Waals surface area contributed by atoms with E-state index in [4.69, 9.17) is 4.52 Å². The maximum atomic E-state index is 12.3. The lowest BCUT2D eigenvalue weighted by molar-refractivity contribution is -0.117. The molecule has 0 saturated carbocycles. The van der Waals surface area contributed by atoms with Gasteiger partial charge in [0.2, 0.25) is 17.6 Å². The summed E-state index contributed by atoms with van der Waals surface area (Å²) in [6.45, 7) is 0.871. The molecule has 0 aliphatic carbocycles. The third-order valence-electron chi connectivity index (χ3n) is 4.41. The van der Waals surface area contributed by atoms with Crippen molar-refractivity contribution in [2.45, 2.75) is 19.4 Å². The van der Waals surface area contributed by atoms with Gasteiger partial charge in [-0.1, -0.05) is 35.5 Å². The van der Waals surface area contributed by atoms with Crippen molar-refractivity contribution in [2.75, 3.05) is 11.4 Å². The van der Waals surface area contributed by atoms with Crippen molar-refractivity contribution in [1.29, 1.82) is 0 Å². The maximum absolute atomic E-state index is 12.3. The monoisotopic (exact) mass is 362 g/mol. The van der Waals surface area contributed by atoms with Gasteiger partial charge in [-0.3, -0.25) is 9.59 Å². The summed E-state index contributed by atoms with van der Waals surface area (Å²) in [6.07, 6.45) is 1.45. The van der Waals surface area contributed by atoms with E-state index in [1.54, 1.807) is 29.2 Å². The number of aromatic nitrogens is 2. The molecule has 1 aromatic heterocycles. The normalized spacial score (nSPS) is 13.8. The lowest BCUT2D eigenvalue weighted by Crippen LogP contribution is -2.25. The van der Waals surface area contributed by atoms with Crippen molar-refractivity contribution in [3.63, 3.8) is 0 Å². The van der Waals surface area contributed by atoms with Gasteiger partial charge < -0.3 is 14.7 Å². The second-order valence-electron chi connectivity index (χ2n) is 6.26. The highest BCUT2D eigenvalue weighted by molar-refractivity contribution is 5.97. The molecule has 27 heavy (non-hydrogen) atoms. The van der Waals surface area contributed by atoms with E-state index >= 15 is 0 Å². The van der Waals surface area contributed by atoms with E-state index in [1.807, 2.05) is 30.3 Å². The number of hydrogen-bond acceptors (Lipinski definition) is 5. The van der Waals surface area contributed by atoms with Gasteiger partial charge in [0.25, 0.3) is 5.91 Å². The summed E-state index contributed by atoms with van der Waals surface area (Å²) in [7, 11) is 0. The summed E-state index contributed by atoms with van der Waals surface area (Å²) in [4.78, 5) is 30.1. The van der Waals surface area contributed by atoms with Crippen molar-refractivity contribution in [2.24, 2.45) is 0 Å². The number of benzene rings is 2. The van der Waals surface area contributed by atoms with Crippen LogP contribution in [0.5, 0.6) is 0 Å². The predicted octanol–water partition coefficient (Wildman–Crippen LogP) is 2.79. The molecule has 7 nitrogen and oxygen atoms in total. The van der Waals surface area contributed by atoms with Crippen LogP contribution in [0.2, 0.25) is 0 Å². The summed E-state index contributed by atoms with van der Waals surface area (Å²) in [5.41, 5.74) is 2.18. The Balaban J connectivity index is 1.37. The summed E-state index contributed by atoms with van der Waals surface area (Å²) in [6, 6.07) is 16.5. The second-order valence-corrected chi connectivity index (χ2v) is 6.26. The minimum Gasteiger partial charge on any atom is -0.343 e. The topological polar surface area (TPSA) is 88.3 Å². The molecule has 4 rings (SSSR count). The molecule has 0 bridgehead atoms. The lowest BCUT2D eigenvalue weighted by atomic mass is 10.2. The first-order chi connectivity index (χ1) is 13.2. The van der Waals surface area contributed by atoms with Crippen LogP contribution < -0.4 is 10.2 Å². The van der Waals surface area contributed by atoms with Crippen molar-refractivity contribution < 1.29 is 14.1 Å². The summed E-state index contributed by atoms with van der Waals surface area (Å²) in [5.74, 6) is 0.701. The Kier molecular flexibility index (Phi) is 4.65. The molecule has 3 aromatic rings. The minimum absolute atomic E-state index is 0.123. The molecule has 0 spiro atoms. The SMILES string of the molecule is O=C(NCc1nc(-c2ccccc2)no1)c1ccc(N2CCCC2=O)cc1. The average molecular weight is 362 g/mol. The number of nitrogens with one attached hydrogen (secondary N) is 1. The highest BCUT2D eigenvalue weighted by Gasteiger charge is 2.21. The van der Waals surface area contributed by atoms with Crippen molar-refractivity contribution in [3.05, 3.63) is 66.1 Å². The molecular formula is C20H18N4O3. The van der Waals surface area contributed by atoms with E-state index in [-0.39, 0.29) is 18.4 Å². The van der Waals surface area contributed by atoms with Gasteiger partial charge in [-0.25, -0.2) is 0 Å². The largest absolute Gasteiger partial charge is 0.343 e. The van der Waals surface area contributed by atoms with Crippen molar-refractivity contribution >= 4 is 17.5 Å². The van der Waals surface area contributed by atoms with E-state index in [2.05, 4.69) is 15.5 Å². The zero-order chi connectivity index (χ0) is 18.6. The van der Waals surface area contributed by atoms with E-state index < -0.39 is 0 Å². The Morgan fingerprint density at radius 2 is 1.89 bits per heavy atom. The van der Waals surface area contributed by atoms with Crippen LogP contribution in [-0.4, -0.2) is 28.5 Å². The van der Waals surface area contributed by atoms with Gasteiger partial charge in [0.1, 0.15) is 0 Å². The lowest BCUT2D eigenvalue weighted by Gasteiger charge is -2.15. The van der Waals surface area contributed by atoms with Crippen molar-refractivity contribution in [3.8, 4) is 11.4 Å². The Labute approximate surface area is 156 Å². The molecule has 2 heterocycles. The molecule has 1 N–H and O–H groups in total. The number of carbonyl (C=O) groups is 2. The quantitative estimate of drug-likeness (QED) is 0.754. The second kappa shape index (κ2) is 7.41. The Bertz CT molecular complexity index is 951. The molecule has 1 saturated heterocycles. The number of carbonyl (C=O) groups excluding carboxylic acids is 2. The predicted molar refractivity (Wildman–Crippen MR) is 98.9 cm³/mol. The molecule has 136 valence electrons. The molecule has 1 aliphatic rings. The molecule has 0 radical (unpaired) electrons. The van der Waals surface area contributed by atoms with Gasteiger partial charge >= 0.3 is 0 Å². The van der Waals surface area contributed by atoms with E-state index in [0.29, 0.717) is 23.7 Å². The molecular weight excluding hydrogens is 344 g/mol. The number of nitrogens with zero attached hydrogens (tertiary/aromatic N) is 3. The van der Waals surface area contributed by atoms with Crippen LogP contribution in [0.3, 0.4) is 0 Å². The van der Waals surface area contributed by atoms with Crippen LogP contribution >= 0.6 is 0 Å². The Hall–Kier alpha value is -3.48. The van der Waals surface area contributed by atoms with Crippen LogP contribution in [0, 0.1) is 0 Å². The molecule has 7 heteroatoms. The molecule has 0 atom stereocenters. The third kappa shape index (κ3) is 3.72. The van der Waals surface area contributed by atoms with Gasteiger partial charge in [-0.05, 0) is 30.7 Å². The number of anilines is 1. The Morgan fingerprint density at radius 1 is 1.11 bits per heavy atom. The van der Waals surface area contributed by atoms with Crippen LogP contribution in [0.4, 0.5) is 5.69 Å². The van der Waals surface area contributed by atoms with Crippen LogP contribution in [0.15, 0.2) is 59.1 Å². The first kappa shape index (κ1) is 17.0. The number of amides is 2. The summed E-state index contributed by atoms with van der Waals surface area (Å²) in [5, 5.41) is 6.69. The van der Waals surface area contributed by atoms with E-state index in [0.717, 1.165) is 24.2 Å².